The molecule has 2 atom stereocenters. The molecule has 0 radical (unpaired) electrons. The van der Waals surface area contributed by atoms with Crippen LogP contribution in [0.15, 0.2) is 48.5 Å². The number of nitrogens with one attached hydrogen (secondary N) is 1. The van der Waals surface area contributed by atoms with Crippen LogP contribution < -0.4 is 4.74 Å². The van der Waals surface area contributed by atoms with E-state index in [9.17, 15) is 4.79 Å². The fourth-order valence-electron chi connectivity index (χ4n) is 6.64. The number of fused-ring (bicyclic) bond motifs is 7. The molecule has 0 aliphatic carbocycles. The Hall–Kier alpha value is -3.80. The Kier molecular flexibility index (Phi) is 4.69. The summed E-state index contributed by atoms with van der Waals surface area (Å²) in [7, 11) is 0. The monoisotopic (exact) mass is 478 g/mol. The first kappa shape index (κ1) is 21.5. The zero-order valence-electron chi connectivity index (χ0n) is 21.0. The summed E-state index contributed by atoms with van der Waals surface area (Å²) < 4.78 is 6.21. The summed E-state index contributed by atoms with van der Waals surface area (Å²) in [6.07, 6.45) is 2.10. The first-order valence-electron chi connectivity index (χ1n) is 12.9. The van der Waals surface area contributed by atoms with Gasteiger partial charge in [-0.05, 0) is 91.3 Å². The van der Waals surface area contributed by atoms with Crippen LogP contribution in [0, 0.1) is 20.8 Å². The standard InChI is InChI=1S/C30H30N4O2/c1-17-5-4-6-23-26-9-10-27(28(17)23)34(26)30(35)33-11-12-36-29-18(2)13-21(14-22(29)16-33)20-7-8-24-25(15-20)32-19(3)31-24/h4-8,13-15,26-27H,9-12,16H2,1-3H3,(H,31,32). The average Bonchev–Trinajstić information content (AvgIpc) is 3.49. The van der Waals surface area contributed by atoms with Crippen LogP contribution in [0.3, 0.4) is 0 Å². The summed E-state index contributed by atoms with van der Waals surface area (Å²) in [5.41, 5.74) is 10.4. The molecule has 1 fully saturated rings. The average molecular weight is 479 g/mol. The second kappa shape index (κ2) is 7.85. The Bertz CT molecular complexity index is 1540. The molecule has 0 saturated carbocycles. The molecule has 1 aromatic heterocycles. The van der Waals surface area contributed by atoms with Crippen molar-refractivity contribution < 1.29 is 9.53 Å². The number of ether oxygens (including phenoxy) is 1. The first-order chi connectivity index (χ1) is 17.5. The normalized spacial score (nSPS) is 20.3. The van der Waals surface area contributed by atoms with Crippen LogP contribution in [-0.2, 0) is 6.54 Å². The number of aryl methyl sites for hydroxylation is 3. The van der Waals surface area contributed by atoms with E-state index >= 15 is 0 Å². The van der Waals surface area contributed by atoms with Gasteiger partial charge in [-0.15, -0.1) is 0 Å². The summed E-state index contributed by atoms with van der Waals surface area (Å²) >= 11 is 0. The minimum atomic E-state index is 0.131. The highest BCUT2D eigenvalue weighted by molar-refractivity contribution is 5.83. The van der Waals surface area contributed by atoms with Crippen molar-refractivity contribution in [3.05, 3.63) is 82.2 Å². The Labute approximate surface area is 210 Å². The molecule has 3 aliphatic rings. The minimum absolute atomic E-state index is 0.131. The highest BCUT2D eigenvalue weighted by atomic mass is 16.5. The van der Waals surface area contributed by atoms with E-state index in [0.29, 0.717) is 19.7 Å². The van der Waals surface area contributed by atoms with Gasteiger partial charge in [0.1, 0.15) is 18.2 Å². The van der Waals surface area contributed by atoms with Gasteiger partial charge in [0, 0.05) is 5.56 Å². The number of benzene rings is 3. The number of carbonyl (C=O) groups is 1. The molecule has 36 heavy (non-hydrogen) atoms. The number of hydrogen-bond acceptors (Lipinski definition) is 3. The smallest absolute Gasteiger partial charge is 0.321 e. The largest absolute Gasteiger partial charge is 0.491 e. The second-order valence-electron chi connectivity index (χ2n) is 10.5. The minimum Gasteiger partial charge on any atom is -0.491 e. The highest BCUT2D eigenvalue weighted by Crippen LogP contribution is 2.54. The second-order valence-corrected chi connectivity index (χ2v) is 10.5. The highest BCUT2D eigenvalue weighted by Gasteiger charge is 2.48. The third-order valence-electron chi connectivity index (χ3n) is 8.18. The van der Waals surface area contributed by atoms with E-state index in [2.05, 4.69) is 77.2 Å². The molecule has 2 unspecified atom stereocenters. The number of carbonyl (C=O) groups excluding carboxylic acids is 1. The topological polar surface area (TPSA) is 61.5 Å². The van der Waals surface area contributed by atoms with Crippen molar-refractivity contribution in [2.75, 3.05) is 13.2 Å². The molecule has 1 saturated heterocycles. The van der Waals surface area contributed by atoms with Gasteiger partial charge in [0.2, 0.25) is 0 Å². The van der Waals surface area contributed by atoms with Crippen molar-refractivity contribution in [2.24, 2.45) is 0 Å². The van der Waals surface area contributed by atoms with Crippen LogP contribution in [0.25, 0.3) is 22.2 Å². The summed E-state index contributed by atoms with van der Waals surface area (Å²) in [4.78, 5) is 26.0. The summed E-state index contributed by atoms with van der Waals surface area (Å²) in [6.45, 7) is 7.89. The molecule has 2 amide bonds. The van der Waals surface area contributed by atoms with Crippen molar-refractivity contribution in [3.8, 4) is 16.9 Å². The van der Waals surface area contributed by atoms with Crippen LogP contribution in [-0.4, -0.2) is 39.0 Å². The van der Waals surface area contributed by atoms with Crippen molar-refractivity contribution in [3.63, 3.8) is 0 Å². The molecule has 4 heterocycles. The molecule has 182 valence electrons. The first-order valence-corrected chi connectivity index (χ1v) is 12.9. The number of aromatic amines is 1. The van der Waals surface area contributed by atoms with Gasteiger partial charge < -0.3 is 19.5 Å². The Morgan fingerprint density at radius 1 is 1.00 bits per heavy atom. The van der Waals surface area contributed by atoms with Gasteiger partial charge in [-0.3, -0.25) is 0 Å². The Morgan fingerprint density at radius 3 is 2.72 bits per heavy atom. The van der Waals surface area contributed by atoms with Gasteiger partial charge in [0.15, 0.2) is 0 Å². The SMILES string of the molecule is Cc1nc2ccc(-c3cc(C)c4c(c3)CN(C(=O)N3C5CCC3c3c(C)cccc35)CCO4)cc2[nH]1. The Morgan fingerprint density at radius 2 is 1.86 bits per heavy atom. The van der Waals surface area contributed by atoms with E-state index in [1.54, 1.807) is 0 Å². The van der Waals surface area contributed by atoms with Crippen LogP contribution in [0.1, 0.15) is 58.6 Å². The number of amides is 2. The molecule has 6 heteroatoms. The van der Waals surface area contributed by atoms with E-state index in [-0.39, 0.29) is 18.1 Å². The van der Waals surface area contributed by atoms with Gasteiger partial charge in [-0.25, -0.2) is 9.78 Å². The van der Waals surface area contributed by atoms with Crippen LogP contribution in [0.5, 0.6) is 5.75 Å². The lowest BCUT2D eigenvalue weighted by Gasteiger charge is -2.30. The van der Waals surface area contributed by atoms with E-state index in [1.807, 2.05) is 11.8 Å². The molecule has 3 aliphatic heterocycles. The molecular weight excluding hydrogens is 448 g/mol. The summed E-state index contributed by atoms with van der Waals surface area (Å²) in [5, 5.41) is 0. The number of H-pyrrole nitrogens is 1. The zero-order chi connectivity index (χ0) is 24.6. The number of aromatic nitrogens is 2. The van der Waals surface area contributed by atoms with Crippen LogP contribution >= 0.6 is 0 Å². The van der Waals surface area contributed by atoms with Gasteiger partial charge in [-0.2, -0.15) is 0 Å². The predicted molar refractivity (Wildman–Crippen MR) is 140 cm³/mol. The molecule has 7 rings (SSSR count). The van der Waals surface area contributed by atoms with Gasteiger partial charge in [0.05, 0.1) is 36.2 Å². The van der Waals surface area contributed by atoms with Crippen LogP contribution in [0.4, 0.5) is 4.79 Å². The number of imidazole rings is 1. The van der Waals surface area contributed by atoms with Crippen molar-refractivity contribution >= 4 is 17.1 Å². The quantitative estimate of drug-likeness (QED) is 0.346. The van der Waals surface area contributed by atoms with Crippen molar-refractivity contribution in [1.82, 2.24) is 19.8 Å². The lowest BCUT2D eigenvalue weighted by molar-refractivity contribution is 0.132. The Balaban J connectivity index is 1.22. The van der Waals surface area contributed by atoms with Crippen molar-refractivity contribution in [1.29, 1.82) is 0 Å². The third-order valence-corrected chi connectivity index (χ3v) is 8.18. The molecule has 3 aromatic carbocycles. The maximum Gasteiger partial charge on any atom is 0.321 e. The van der Waals surface area contributed by atoms with E-state index in [4.69, 9.17) is 4.74 Å². The van der Waals surface area contributed by atoms with Gasteiger partial charge in [0.25, 0.3) is 0 Å². The fraction of sp³-hybridized carbons (Fsp3) is 0.333. The van der Waals surface area contributed by atoms with Crippen molar-refractivity contribution in [2.45, 2.75) is 52.2 Å². The van der Waals surface area contributed by atoms with Gasteiger partial charge >= 0.3 is 6.03 Å². The maximum atomic E-state index is 14.0. The number of nitrogens with zero attached hydrogens (tertiary/aromatic N) is 3. The lowest BCUT2D eigenvalue weighted by atomic mass is 9.89. The number of rotatable bonds is 1. The number of hydrogen-bond donors (Lipinski definition) is 1. The molecule has 1 N–H and O–H groups in total. The zero-order valence-corrected chi connectivity index (χ0v) is 21.0. The van der Waals surface area contributed by atoms with E-state index in [1.165, 1.54) is 16.7 Å². The summed E-state index contributed by atoms with van der Waals surface area (Å²) in [5.74, 6) is 1.83. The molecule has 4 aromatic rings. The summed E-state index contributed by atoms with van der Waals surface area (Å²) in [6, 6.07) is 17.7. The lowest BCUT2D eigenvalue weighted by Crippen LogP contribution is -2.42. The maximum absolute atomic E-state index is 14.0. The number of urea groups is 1. The molecular formula is C30H30N4O2. The predicted octanol–water partition coefficient (Wildman–Crippen LogP) is 6.36. The van der Waals surface area contributed by atoms with Gasteiger partial charge in [-0.1, -0.05) is 24.3 Å². The fourth-order valence-corrected chi connectivity index (χ4v) is 6.64. The molecule has 2 bridgehead atoms. The third kappa shape index (κ3) is 3.16. The molecule has 6 nitrogen and oxygen atoms in total. The van der Waals surface area contributed by atoms with E-state index in [0.717, 1.165) is 57.7 Å². The van der Waals surface area contributed by atoms with E-state index < -0.39 is 0 Å². The van der Waals surface area contributed by atoms with Crippen LogP contribution in [0.2, 0.25) is 0 Å². The molecule has 0 spiro atoms.